The third kappa shape index (κ3) is 3.19. The fraction of sp³-hybridized carbons (Fsp3) is 0.421. The number of benzene rings is 1. The molecule has 7 heteroatoms. The molecule has 0 radical (unpaired) electrons. The Morgan fingerprint density at radius 1 is 1.23 bits per heavy atom. The first kappa shape index (κ1) is 17.0. The minimum absolute atomic E-state index is 0.147. The van der Waals surface area contributed by atoms with Gasteiger partial charge in [-0.05, 0) is 49.9 Å². The molecule has 1 atom stereocenters. The number of nitrogens with zero attached hydrogens (tertiary/aromatic N) is 2. The lowest BCUT2D eigenvalue weighted by molar-refractivity contribution is -0.131. The summed E-state index contributed by atoms with van der Waals surface area (Å²) in [5, 5.41) is 3.42. The topological polar surface area (TPSA) is 71.5 Å². The van der Waals surface area contributed by atoms with Gasteiger partial charge >= 0.3 is 0 Å². The smallest absolute Gasteiger partial charge is 0.257 e. The number of likely N-dealkylation sites (tertiary alicyclic amines) is 1. The van der Waals surface area contributed by atoms with Crippen molar-refractivity contribution < 1.29 is 14.3 Å². The molecule has 6 nitrogen and oxygen atoms in total. The zero-order valence-electron chi connectivity index (χ0n) is 14.7. The normalized spacial score (nSPS) is 18.7. The highest BCUT2D eigenvalue weighted by Gasteiger charge is 2.36. The number of aromatic nitrogens is 1. The minimum atomic E-state index is -0.206. The fourth-order valence-corrected chi connectivity index (χ4v) is 4.62. The van der Waals surface area contributed by atoms with Crippen LogP contribution in [-0.2, 0) is 11.2 Å². The van der Waals surface area contributed by atoms with Crippen molar-refractivity contribution in [1.29, 1.82) is 0 Å². The van der Waals surface area contributed by atoms with Gasteiger partial charge < -0.3 is 9.64 Å². The molecular weight excluding hydrogens is 350 g/mol. The van der Waals surface area contributed by atoms with Crippen LogP contribution in [0.15, 0.2) is 24.3 Å². The molecule has 1 aromatic carbocycles. The van der Waals surface area contributed by atoms with Gasteiger partial charge in [-0.1, -0.05) is 0 Å². The maximum Gasteiger partial charge on any atom is 0.257 e. The largest absolute Gasteiger partial charge is 0.497 e. The van der Waals surface area contributed by atoms with E-state index in [0.29, 0.717) is 16.4 Å². The highest BCUT2D eigenvalue weighted by atomic mass is 32.1. The third-order valence-electron chi connectivity index (χ3n) is 5.01. The average Bonchev–Trinajstić information content (AvgIpc) is 3.38. The van der Waals surface area contributed by atoms with E-state index in [1.165, 1.54) is 11.3 Å². The van der Waals surface area contributed by atoms with Gasteiger partial charge in [-0.3, -0.25) is 14.9 Å². The van der Waals surface area contributed by atoms with E-state index >= 15 is 0 Å². The van der Waals surface area contributed by atoms with E-state index in [1.807, 2.05) is 4.90 Å². The van der Waals surface area contributed by atoms with E-state index in [0.717, 1.165) is 49.3 Å². The molecule has 136 valence electrons. The lowest BCUT2D eigenvalue weighted by Crippen LogP contribution is -2.32. The molecule has 0 unspecified atom stereocenters. The third-order valence-corrected chi connectivity index (χ3v) is 6.05. The molecule has 2 amide bonds. The van der Waals surface area contributed by atoms with Crippen LogP contribution in [0.4, 0.5) is 5.13 Å². The van der Waals surface area contributed by atoms with Crippen LogP contribution in [0.1, 0.15) is 46.1 Å². The number of methoxy groups -OCH3 is 1. The number of hydrogen-bond acceptors (Lipinski definition) is 5. The second kappa shape index (κ2) is 7.07. The Balaban J connectivity index is 1.47. The number of nitrogens with one attached hydrogen (secondary N) is 1. The van der Waals surface area contributed by atoms with Gasteiger partial charge in [0.15, 0.2) is 5.13 Å². The lowest BCUT2D eigenvalue weighted by atomic mass is 10.1. The number of fused-ring (bicyclic) bond motifs is 1. The number of ether oxygens (including phenoxy) is 1. The maximum absolute atomic E-state index is 12.7. The summed E-state index contributed by atoms with van der Waals surface area (Å²) < 4.78 is 5.11. The summed E-state index contributed by atoms with van der Waals surface area (Å²) in [5.74, 6) is 0.547. The van der Waals surface area contributed by atoms with Crippen molar-refractivity contribution in [2.75, 3.05) is 25.5 Å². The Labute approximate surface area is 156 Å². The van der Waals surface area contributed by atoms with E-state index in [9.17, 15) is 9.59 Å². The van der Waals surface area contributed by atoms with Crippen LogP contribution in [0.3, 0.4) is 0 Å². The Morgan fingerprint density at radius 3 is 2.65 bits per heavy atom. The Kier molecular flexibility index (Phi) is 4.63. The van der Waals surface area contributed by atoms with Crippen LogP contribution in [0.2, 0.25) is 0 Å². The summed E-state index contributed by atoms with van der Waals surface area (Å²) in [7, 11) is 1.59. The first-order valence-electron chi connectivity index (χ1n) is 8.89. The quantitative estimate of drug-likeness (QED) is 0.897. The monoisotopic (exact) mass is 371 g/mol. The van der Waals surface area contributed by atoms with Gasteiger partial charge in [-0.2, -0.15) is 0 Å². The molecule has 1 fully saturated rings. The summed E-state index contributed by atoms with van der Waals surface area (Å²) in [4.78, 5) is 32.8. The van der Waals surface area contributed by atoms with E-state index in [1.54, 1.807) is 31.4 Å². The molecule has 4 rings (SSSR count). The fourth-order valence-electron chi connectivity index (χ4n) is 3.59. The maximum atomic E-state index is 12.7. The van der Waals surface area contributed by atoms with Crippen LogP contribution >= 0.6 is 11.3 Å². The summed E-state index contributed by atoms with van der Waals surface area (Å²) in [6.07, 6.45) is 3.86. The SMILES string of the molecule is COc1ccc(C(=O)Nc2nc3c(s2)CC[C@@H]3C(=O)N2CCCC2)cc1. The molecule has 1 aromatic heterocycles. The number of anilines is 1. The van der Waals surface area contributed by atoms with E-state index in [2.05, 4.69) is 10.3 Å². The molecule has 2 heterocycles. The summed E-state index contributed by atoms with van der Waals surface area (Å²) in [6, 6.07) is 6.94. The Bertz CT molecular complexity index is 825. The molecule has 1 aliphatic carbocycles. The first-order valence-corrected chi connectivity index (χ1v) is 9.71. The first-order chi connectivity index (χ1) is 12.7. The predicted octanol–water partition coefficient (Wildman–Crippen LogP) is 3.06. The summed E-state index contributed by atoms with van der Waals surface area (Å²) in [6.45, 7) is 1.71. The van der Waals surface area contributed by atoms with E-state index in [-0.39, 0.29) is 17.7 Å². The second-order valence-corrected chi connectivity index (χ2v) is 7.72. The number of carbonyl (C=O) groups is 2. The molecule has 0 saturated carbocycles. The van der Waals surface area contributed by atoms with Crippen LogP contribution < -0.4 is 10.1 Å². The molecule has 0 spiro atoms. The van der Waals surface area contributed by atoms with Crippen molar-refractivity contribution in [3.05, 3.63) is 40.4 Å². The van der Waals surface area contributed by atoms with Crippen molar-refractivity contribution >= 4 is 28.3 Å². The standard InChI is InChI=1S/C19H21N3O3S/c1-25-13-6-4-12(5-7-13)17(23)21-19-20-16-14(8-9-15(16)26-19)18(24)22-10-2-3-11-22/h4-7,14H,2-3,8-11H2,1H3,(H,20,21,23)/t14-/m0/s1. The van der Waals surface area contributed by atoms with Gasteiger partial charge in [0, 0.05) is 23.5 Å². The number of aryl methyl sites for hydroxylation is 1. The number of rotatable bonds is 4. The number of amides is 2. The predicted molar refractivity (Wildman–Crippen MR) is 99.9 cm³/mol. The van der Waals surface area contributed by atoms with Crippen LogP contribution in [0, 0.1) is 0 Å². The molecular formula is C19H21N3O3S. The molecule has 2 aliphatic rings. The number of carbonyl (C=O) groups excluding carboxylic acids is 2. The van der Waals surface area contributed by atoms with Crippen LogP contribution in [-0.4, -0.2) is 41.9 Å². The van der Waals surface area contributed by atoms with Crippen molar-refractivity contribution in [3.63, 3.8) is 0 Å². The summed E-state index contributed by atoms with van der Waals surface area (Å²) in [5.41, 5.74) is 1.41. The molecule has 26 heavy (non-hydrogen) atoms. The second-order valence-electron chi connectivity index (χ2n) is 6.63. The zero-order chi connectivity index (χ0) is 18.1. The number of thiazole rings is 1. The van der Waals surface area contributed by atoms with Gasteiger partial charge in [-0.25, -0.2) is 4.98 Å². The molecule has 2 aromatic rings. The highest BCUT2D eigenvalue weighted by molar-refractivity contribution is 7.16. The van der Waals surface area contributed by atoms with Crippen LogP contribution in [0.25, 0.3) is 0 Å². The van der Waals surface area contributed by atoms with Crippen molar-refractivity contribution in [2.45, 2.75) is 31.6 Å². The van der Waals surface area contributed by atoms with Gasteiger partial charge in [0.25, 0.3) is 5.91 Å². The number of hydrogen-bond donors (Lipinski definition) is 1. The molecule has 1 N–H and O–H groups in total. The molecule has 1 saturated heterocycles. The van der Waals surface area contributed by atoms with Crippen molar-refractivity contribution in [1.82, 2.24) is 9.88 Å². The van der Waals surface area contributed by atoms with Gasteiger partial charge in [0.05, 0.1) is 18.7 Å². The minimum Gasteiger partial charge on any atom is -0.497 e. The summed E-state index contributed by atoms with van der Waals surface area (Å²) >= 11 is 1.48. The highest BCUT2D eigenvalue weighted by Crippen LogP contribution is 2.39. The zero-order valence-corrected chi connectivity index (χ0v) is 15.5. The average molecular weight is 371 g/mol. The Hall–Kier alpha value is -2.41. The van der Waals surface area contributed by atoms with Crippen LogP contribution in [0.5, 0.6) is 5.75 Å². The van der Waals surface area contributed by atoms with Crippen molar-refractivity contribution in [3.8, 4) is 5.75 Å². The van der Waals surface area contributed by atoms with Gasteiger partial charge in [-0.15, -0.1) is 11.3 Å². The van der Waals surface area contributed by atoms with Gasteiger partial charge in [0.2, 0.25) is 5.91 Å². The Morgan fingerprint density at radius 2 is 1.96 bits per heavy atom. The molecule has 0 bridgehead atoms. The van der Waals surface area contributed by atoms with Gasteiger partial charge in [0.1, 0.15) is 5.75 Å². The van der Waals surface area contributed by atoms with Crippen molar-refractivity contribution in [2.24, 2.45) is 0 Å². The lowest BCUT2D eigenvalue weighted by Gasteiger charge is -2.19. The van der Waals surface area contributed by atoms with E-state index < -0.39 is 0 Å². The molecule has 1 aliphatic heterocycles. The van der Waals surface area contributed by atoms with E-state index in [4.69, 9.17) is 4.74 Å².